The number of nitrogens with one attached hydrogen (secondary N) is 2. The van der Waals surface area contributed by atoms with Crippen molar-refractivity contribution in [2.24, 2.45) is 12.0 Å². The first-order valence-corrected chi connectivity index (χ1v) is 12.0. The van der Waals surface area contributed by atoms with Crippen LogP contribution in [0.4, 0.5) is 28.4 Å². The third-order valence-electron chi connectivity index (χ3n) is 6.01. The van der Waals surface area contributed by atoms with E-state index in [2.05, 4.69) is 43.7 Å². The number of nitrogens with zero attached hydrogens (tertiary/aromatic N) is 4. The Bertz CT molecular complexity index is 1600. The van der Waals surface area contributed by atoms with Crippen LogP contribution in [-0.4, -0.2) is 29.6 Å². The highest BCUT2D eigenvalue weighted by molar-refractivity contribution is 6.04. The van der Waals surface area contributed by atoms with Crippen LogP contribution in [0.1, 0.15) is 10.4 Å². The molecule has 184 valence electrons. The molecule has 37 heavy (non-hydrogen) atoms. The molecule has 5 rings (SSSR count). The number of hydrogen-bond donors (Lipinski definition) is 2. The van der Waals surface area contributed by atoms with Gasteiger partial charge in [-0.1, -0.05) is 0 Å². The highest BCUT2D eigenvalue weighted by Crippen LogP contribution is 2.28. The molecule has 0 fully saturated rings. The van der Waals surface area contributed by atoms with Gasteiger partial charge in [-0.2, -0.15) is 0 Å². The maximum atomic E-state index is 12.8. The Morgan fingerprint density at radius 1 is 0.865 bits per heavy atom. The van der Waals surface area contributed by atoms with Crippen LogP contribution in [0, 0.1) is 0 Å². The van der Waals surface area contributed by atoms with Gasteiger partial charge in [0.15, 0.2) is 0 Å². The zero-order valence-electron chi connectivity index (χ0n) is 21.0. The smallest absolute Gasteiger partial charge is 0.255 e. The number of amides is 1. The summed E-state index contributed by atoms with van der Waals surface area (Å²) >= 11 is 0. The van der Waals surface area contributed by atoms with Crippen LogP contribution in [0.25, 0.3) is 10.9 Å². The highest BCUT2D eigenvalue weighted by atomic mass is 16.1. The Hall–Kier alpha value is -4.91. The first kappa shape index (κ1) is 23.8. The minimum absolute atomic E-state index is 0.169. The molecule has 3 aromatic carbocycles. The van der Waals surface area contributed by atoms with E-state index in [4.69, 9.17) is 0 Å². The molecule has 2 aromatic heterocycles. The summed E-state index contributed by atoms with van der Waals surface area (Å²) in [6, 6.07) is 27.0. The molecule has 0 spiro atoms. The van der Waals surface area contributed by atoms with E-state index in [1.165, 1.54) is 0 Å². The van der Waals surface area contributed by atoms with Gasteiger partial charge < -0.3 is 20.1 Å². The molecule has 0 aliphatic rings. The molecule has 0 unspecified atom stereocenters. The maximum Gasteiger partial charge on any atom is 0.255 e. The van der Waals surface area contributed by atoms with Gasteiger partial charge in [-0.3, -0.25) is 9.78 Å². The number of pyridine rings is 2. The molecule has 5 aromatic rings. The minimum atomic E-state index is -0.169. The van der Waals surface area contributed by atoms with E-state index in [1.807, 2.05) is 105 Å². The van der Waals surface area contributed by atoms with Crippen molar-refractivity contribution in [1.29, 1.82) is 0 Å². The van der Waals surface area contributed by atoms with Crippen LogP contribution in [-0.2, 0) is 7.05 Å². The van der Waals surface area contributed by atoms with Gasteiger partial charge >= 0.3 is 0 Å². The average molecular weight is 489 g/mol. The fraction of sp³-hybridized carbons (Fsp3) is 0.100. The number of rotatable bonds is 6. The second-order valence-corrected chi connectivity index (χ2v) is 8.99. The molecule has 2 heterocycles. The molecule has 0 aliphatic heterocycles. The molecule has 0 aliphatic carbocycles. The first-order chi connectivity index (χ1) is 17.9. The van der Waals surface area contributed by atoms with E-state index in [0.29, 0.717) is 11.3 Å². The third kappa shape index (κ3) is 5.67. The largest absolute Gasteiger partial charge is 0.378 e. The van der Waals surface area contributed by atoms with Gasteiger partial charge in [0.2, 0.25) is 0 Å². The normalized spacial score (nSPS) is 10.7. The van der Waals surface area contributed by atoms with Gasteiger partial charge in [0.1, 0.15) is 0 Å². The molecule has 0 saturated carbocycles. The van der Waals surface area contributed by atoms with E-state index < -0.39 is 0 Å². The van der Waals surface area contributed by atoms with Crippen LogP contribution in [0.3, 0.4) is 0 Å². The molecule has 2 N–H and O–H groups in total. The molecular weight excluding hydrogens is 460 g/mol. The maximum absolute atomic E-state index is 12.8. The lowest BCUT2D eigenvalue weighted by atomic mass is 10.1. The van der Waals surface area contributed by atoms with Crippen molar-refractivity contribution in [3.63, 3.8) is 0 Å². The molecule has 0 saturated heterocycles. The SMILES string of the molecule is CN(C)c1ccc2c(Nc3ccc(C(=O)Nc4ccc(N=c5ccn(C)cc5)cc4)cc3)ccnc2c1. The van der Waals surface area contributed by atoms with Crippen molar-refractivity contribution in [1.82, 2.24) is 9.55 Å². The fourth-order valence-electron chi connectivity index (χ4n) is 3.92. The molecule has 0 bridgehead atoms. The summed E-state index contributed by atoms with van der Waals surface area (Å²) in [6.45, 7) is 0. The Balaban J connectivity index is 1.25. The van der Waals surface area contributed by atoms with Crippen molar-refractivity contribution >= 4 is 45.2 Å². The van der Waals surface area contributed by atoms with E-state index in [1.54, 1.807) is 6.20 Å². The summed E-state index contributed by atoms with van der Waals surface area (Å²) in [5, 5.41) is 8.30. The lowest BCUT2D eigenvalue weighted by Gasteiger charge is -2.14. The number of benzene rings is 3. The lowest BCUT2D eigenvalue weighted by Crippen LogP contribution is -2.11. The van der Waals surface area contributed by atoms with Crippen molar-refractivity contribution in [3.05, 3.63) is 114 Å². The molecule has 7 heteroatoms. The van der Waals surface area contributed by atoms with Crippen LogP contribution in [0.15, 0.2) is 109 Å². The number of fused-ring (bicyclic) bond motifs is 1. The van der Waals surface area contributed by atoms with Crippen LogP contribution < -0.4 is 20.9 Å². The van der Waals surface area contributed by atoms with Crippen molar-refractivity contribution in [3.8, 4) is 0 Å². The summed E-state index contributed by atoms with van der Waals surface area (Å²) in [4.78, 5) is 23.9. The van der Waals surface area contributed by atoms with Crippen molar-refractivity contribution in [2.45, 2.75) is 0 Å². The summed E-state index contributed by atoms with van der Waals surface area (Å²) in [7, 11) is 5.99. The van der Waals surface area contributed by atoms with Crippen LogP contribution in [0.2, 0.25) is 0 Å². The number of hydrogen-bond acceptors (Lipinski definition) is 5. The molecule has 1 amide bonds. The van der Waals surface area contributed by atoms with Gasteiger partial charge in [0, 0.05) is 73.4 Å². The minimum Gasteiger partial charge on any atom is -0.378 e. The third-order valence-corrected chi connectivity index (χ3v) is 6.01. The quantitative estimate of drug-likeness (QED) is 0.314. The Kier molecular flexibility index (Phi) is 6.68. The fourth-order valence-corrected chi connectivity index (χ4v) is 3.92. The van der Waals surface area contributed by atoms with Gasteiger partial charge in [0.05, 0.1) is 16.6 Å². The van der Waals surface area contributed by atoms with E-state index in [9.17, 15) is 4.79 Å². The Morgan fingerprint density at radius 2 is 1.57 bits per heavy atom. The zero-order chi connectivity index (χ0) is 25.8. The van der Waals surface area contributed by atoms with E-state index in [-0.39, 0.29) is 5.91 Å². The van der Waals surface area contributed by atoms with Gasteiger partial charge in [-0.25, -0.2) is 4.99 Å². The lowest BCUT2D eigenvalue weighted by molar-refractivity contribution is 0.102. The van der Waals surface area contributed by atoms with Gasteiger partial charge in [-0.05, 0) is 84.9 Å². The summed E-state index contributed by atoms with van der Waals surface area (Å²) < 4.78 is 1.96. The molecular formula is C30H28N6O. The van der Waals surface area contributed by atoms with Crippen molar-refractivity contribution in [2.75, 3.05) is 29.6 Å². The first-order valence-electron chi connectivity index (χ1n) is 12.0. The highest BCUT2D eigenvalue weighted by Gasteiger charge is 2.08. The zero-order valence-corrected chi connectivity index (χ0v) is 21.0. The van der Waals surface area contributed by atoms with Crippen LogP contribution in [0.5, 0.6) is 0 Å². The summed E-state index contributed by atoms with van der Waals surface area (Å²) in [5.74, 6) is -0.169. The number of anilines is 4. The average Bonchev–Trinajstić information content (AvgIpc) is 2.91. The molecule has 7 nitrogen and oxygen atoms in total. The van der Waals surface area contributed by atoms with Gasteiger partial charge in [0.25, 0.3) is 5.91 Å². The molecule has 0 radical (unpaired) electrons. The number of aryl methyl sites for hydroxylation is 1. The Labute approximate surface area is 215 Å². The van der Waals surface area contributed by atoms with E-state index in [0.717, 1.165) is 39.0 Å². The predicted molar refractivity (Wildman–Crippen MR) is 151 cm³/mol. The standard InChI is InChI=1S/C30H28N6O/c1-35(2)26-12-13-27-28(14-17-31-29(27)20-26)33-23-6-4-21(5-7-23)30(37)34-24-10-8-22(9-11-24)32-25-15-18-36(3)19-16-25/h4-20H,1-3H3,(H,31,33)(H,34,37). The summed E-state index contributed by atoms with van der Waals surface area (Å²) in [6.07, 6.45) is 5.70. The predicted octanol–water partition coefficient (Wildman–Crippen LogP) is 5.87. The monoisotopic (exact) mass is 488 g/mol. The topological polar surface area (TPSA) is 74.6 Å². The Morgan fingerprint density at radius 3 is 2.27 bits per heavy atom. The number of carbonyl (C=O) groups excluding carboxylic acids is 1. The van der Waals surface area contributed by atoms with Crippen molar-refractivity contribution < 1.29 is 4.79 Å². The molecule has 0 atom stereocenters. The van der Waals surface area contributed by atoms with Crippen LogP contribution >= 0.6 is 0 Å². The second-order valence-electron chi connectivity index (χ2n) is 8.99. The summed E-state index contributed by atoms with van der Waals surface area (Å²) in [5.41, 5.74) is 5.98. The number of carbonyl (C=O) groups is 1. The van der Waals surface area contributed by atoms with E-state index >= 15 is 0 Å². The van der Waals surface area contributed by atoms with Gasteiger partial charge in [-0.15, -0.1) is 0 Å². The second kappa shape index (κ2) is 10.4. The number of aromatic nitrogens is 2.